The van der Waals surface area contributed by atoms with Crippen LogP contribution >= 0.6 is 11.6 Å². The maximum Gasteiger partial charge on any atom is 0.418 e. The number of carbonyl (C=O) groups is 2. The van der Waals surface area contributed by atoms with E-state index in [1.807, 2.05) is 0 Å². The Morgan fingerprint density at radius 1 is 0.970 bits per heavy atom. The molecule has 3 aromatic carbocycles. The van der Waals surface area contributed by atoms with Crippen molar-refractivity contribution in [3.63, 3.8) is 0 Å². The summed E-state index contributed by atoms with van der Waals surface area (Å²) in [4.78, 5) is 24.5. The molecule has 0 unspecified atom stereocenters. The second kappa shape index (κ2) is 10.0. The van der Waals surface area contributed by atoms with Gasteiger partial charge in [-0.25, -0.2) is 4.79 Å². The number of amides is 1. The first-order chi connectivity index (χ1) is 15.7. The van der Waals surface area contributed by atoms with Gasteiger partial charge in [0, 0.05) is 5.02 Å². The summed E-state index contributed by atoms with van der Waals surface area (Å²) in [5.74, 6) is -1.38. The van der Waals surface area contributed by atoms with Gasteiger partial charge in [0.2, 0.25) is 0 Å². The van der Waals surface area contributed by atoms with Crippen molar-refractivity contribution in [3.8, 4) is 11.8 Å². The highest BCUT2D eigenvalue weighted by molar-refractivity contribution is 6.30. The number of nitrogens with zero attached hydrogens (tertiary/aromatic N) is 1. The zero-order valence-electron chi connectivity index (χ0n) is 16.7. The van der Waals surface area contributed by atoms with E-state index in [0.717, 1.165) is 12.1 Å². The van der Waals surface area contributed by atoms with Gasteiger partial charge in [-0.1, -0.05) is 35.9 Å². The van der Waals surface area contributed by atoms with Crippen molar-refractivity contribution in [2.45, 2.75) is 6.18 Å². The number of benzene rings is 3. The number of hydrogen-bond acceptors (Lipinski definition) is 4. The molecule has 3 aromatic rings. The molecular formula is C24H14ClF3N2O3. The molecule has 0 aliphatic rings. The Labute approximate surface area is 191 Å². The van der Waals surface area contributed by atoms with E-state index in [0.29, 0.717) is 16.1 Å². The number of carbonyl (C=O) groups excluding carboxylic acids is 2. The fourth-order valence-corrected chi connectivity index (χ4v) is 2.85. The normalized spacial score (nSPS) is 11.4. The van der Waals surface area contributed by atoms with E-state index in [1.165, 1.54) is 54.6 Å². The summed E-state index contributed by atoms with van der Waals surface area (Å²) in [5.41, 5.74) is -1.19. The summed E-state index contributed by atoms with van der Waals surface area (Å²) in [7, 11) is 0. The number of nitriles is 1. The second-order valence-corrected chi connectivity index (χ2v) is 7.07. The fourth-order valence-electron chi connectivity index (χ4n) is 2.73. The molecule has 1 N–H and O–H groups in total. The lowest BCUT2D eigenvalue weighted by molar-refractivity contribution is -0.137. The van der Waals surface area contributed by atoms with Crippen LogP contribution in [0.15, 0.2) is 78.4 Å². The number of alkyl halides is 3. The van der Waals surface area contributed by atoms with Crippen LogP contribution in [0.1, 0.15) is 21.5 Å². The first-order valence-electron chi connectivity index (χ1n) is 9.34. The predicted molar refractivity (Wildman–Crippen MR) is 117 cm³/mol. The number of ether oxygens (including phenoxy) is 1. The van der Waals surface area contributed by atoms with Crippen molar-refractivity contribution < 1.29 is 27.5 Å². The first kappa shape index (κ1) is 23.6. The average molecular weight is 471 g/mol. The monoisotopic (exact) mass is 470 g/mol. The number of nitrogens with one attached hydrogen (secondary N) is 1. The summed E-state index contributed by atoms with van der Waals surface area (Å²) < 4.78 is 44.6. The molecular weight excluding hydrogens is 457 g/mol. The van der Waals surface area contributed by atoms with Gasteiger partial charge < -0.3 is 10.1 Å². The molecule has 0 heterocycles. The standard InChI is InChI=1S/C24H14ClF3N2O3/c25-18-9-7-16(8-10-18)23(32)33-19-11-5-15(6-12-19)13-17(14-29)22(31)30-21-4-2-1-3-20(21)24(26,27)28/h1-13H,(H,30,31). The van der Waals surface area contributed by atoms with Gasteiger partial charge in [0.25, 0.3) is 5.91 Å². The third-order valence-corrected chi connectivity index (χ3v) is 4.58. The maximum atomic E-state index is 13.1. The molecule has 0 saturated carbocycles. The number of para-hydroxylation sites is 1. The van der Waals surface area contributed by atoms with E-state index in [2.05, 4.69) is 5.32 Å². The van der Waals surface area contributed by atoms with Crippen molar-refractivity contribution in [2.75, 3.05) is 5.32 Å². The van der Waals surface area contributed by atoms with Gasteiger partial charge in [-0.3, -0.25) is 4.79 Å². The minimum Gasteiger partial charge on any atom is -0.423 e. The van der Waals surface area contributed by atoms with E-state index >= 15 is 0 Å². The Kier molecular flexibility index (Phi) is 7.16. The van der Waals surface area contributed by atoms with Crippen LogP contribution < -0.4 is 10.1 Å². The average Bonchev–Trinajstić information content (AvgIpc) is 2.78. The summed E-state index contributed by atoms with van der Waals surface area (Å²) in [6, 6.07) is 18.1. The zero-order valence-corrected chi connectivity index (χ0v) is 17.4. The third kappa shape index (κ3) is 6.21. The second-order valence-electron chi connectivity index (χ2n) is 6.63. The van der Waals surface area contributed by atoms with Gasteiger partial charge in [0.05, 0.1) is 16.8 Å². The molecule has 0 aliphatic carbocycles. The van der Waals surface area contributed by atoms with Crippen LogP contribution in [0.25, 0.3) is 6.08 Å². The predicted octanol–water partition coefficient (Wildman–Crippen LogP) is 6.12. The van der Waals surface area contributed by atoms with E-state index in [4.69, 9.17) is 16.3 Å². The van der Waals surface area contributed by atoms with Gasteiger partial charge in [0.1, 0.15) is 17.4 Å². The van der Waals surface area contributed by atoms with Crippen LogP contribution in [-0.2, 0) is 11.0 Å². The summed E-state index contributed by atoms with van der Waals surface area (Å²) >= 11 is 5.78. The number of esters is 1. The highest BCUT2D eigenvalue weighted by atomic mass is 35.5. The molecule has 0 aromatic heterocycles. The largest absolute Gasteiger partial charge is 0.423 e. The molecule has 0 radical (unpaired) electrons. The summed E-state index contributed by atoms with van der Waals surface area (Å²) in [6.07, 6.45) is -3.46. The molecule has 0 aliphatic heterocycles. The Morgan fingerprint density at radius 2 is 1.61 bits per heavy atom. The van der Waals surface area contributed by atoms with Crippen molar-refractivity contribution in [2.24, 2.45) is 0 Å². The van der Waals surface area contributed by atoms with Crippen LogP contribution in [0.3, 0.4) is 0 Å². The van der Waals surface area contributed by atoms with E-state index < -0.39 is 34.9 Å². The molecule has 0 fully saturated rings. The smallest absolute Gasteiger partial charge is 0.418 e. The Morgan fingerprint density at radius 3 is 2.21 bits per heavy atom. The topological polar surface area (TPSA) is 79.2 Å². The summed E-state index contributed by atoms with van der Waals surface area (Å²) in [5, 5.41) is 11.9. The lowest BCUT2D eigenvalue weighted by Gasteiger charge is -2.13. The lowest BCUT2D eigenvalue weighted by Crippen LogP contribution is -2.17. The molecule has 9 heteroatoms. The minimum atomic E-state index is -4.67. The Balaban J connectivity index is 1.73. The van der Waals surface area contributed by atoms with Crippen molar-refractivity contribution in [1.82, 2.24) is 0 Å². The molecule has 166 valence electrons. The molecule has 0 saturated heterocycles. The van der Waals surface area contributed by atoms with Gasteiger partial charge in [-0.15, -0.1) is 0 Å². The van der Waals surface area contributed by atoms with Gasteiger partial charge in [-0.2, -0.15) is 18.4 Å². The van der Waals surface area contributed by atoms with Crippen LogP contribution in [0.2, 0.25) is 5.02 Å². The number of halogens is 4. The van der Waals surface area contributed by atoms with E-state index in [-0.39, 0.29) is 5.75 Å². The summed E-state index contributed by atoms with van der Waals surface area (Å²) in [6.45, 7) is 0. The van der Waals surface area contributed by atoms with Crippen LogP contribution in [0, 0.1) is 11.3 Å². The van der Waals surface area contributed by atoms with Gasteiger partial charge >= 0.3 is 12.1 Å². The van der Waals surface area contributed by atoms with Crippen LogP contribution in [0.4, 0.5) is 18.9 Å². The Hall–Kier alpha value is -4.09. The molecule has 0 bridgehead atoms. The maximum absolute atomic E-state index is 13.1. The lowest BCUT2D eigenvalue weighted by atomic mass is 10.1. The van der Waals surface area contributed by atoms with Crippen molar-refractivity contribution >= 4 is 35.2 Å². The molecule has 0 atom stereocenters. The third-order valence-electron chi connectivity index (χ3n) is 4.33. The first-order valence-corrected chi connectivity index (χ1v) is 9.72. The van der Waals surface area contributed by atoms with Crippen molar-refractivity contribution in [1.29, 1.82) is 5.26 Å². The van der Waals surface area contributed by atoms with Crippen LogP contribution in [0.5, 0.6) is 5.75 Å². The number of anilines is 1. The van der Waals surface area contributed by atoms with Gasteiger partial charge in [0.15, 0.2) is 0 Å². The molecule has 0 spiro atoms. The Bertz CT molecular complexity index is 1250. The fraction of sp³-hybridized carbons (Fsp3) is 0.0417. The van der Waals surface area contributed by atoms with Crippen LogP contribution in [-0.4, -0.2) is 11.9 Å². The number of hydrogen-bond donors (Lipinski definition) is 1. The van der Waals surface area contributed by atoms with Crippen molar-refractivity contribution in [3.05, 3.63) is 100 Å². The highest BCUT2D eigenvalue weighted by Gasteiger charge is 2.33. The minimum absolute atomic E-state index is 0.217. The van der Waals surface area contributed by atoms with E-state index in [9.17, 15) is 28.0 Å². The SMILES string of the molecule is N#CC(=Cc1ccc(OC(=O)c2ccc(Cl)cc2)cc1)C(=O)Nc1ccccc1C(F)(F)F. The number of rotatable bonds is 5. The highest BCUT2D eigenvalue weighted by Crippen LogP contribution is 2.34. The quantitative estimate of drug-likeness (QED) is 0.211. The molecule has 5 nitrogen and oxygen atoms in total. The van der Waals surface area contributed by atoms with E-state index in [1.54, 1.807) is 18.2 Å². The van der Waals surface area contributed by atoms with Gasteiger partial charge in [-0.05, 0) is 60.2 Å². The molecule has 1 amide bonds. The molecule has 33 heavy (non-hydrogen) atoms. The molecule has 3 rings (SSSR count). The zero-order chi connectivity index (χ0) is 24.0.